The molecule has 0 spiro atoms. The van der Waals surface area contributed by atoms with Gasteiger partial charge in [0.05, 0.1) is 6.33 Å². The van der Waals surface area contributed by atoms with E-state index in [1.54, 1.807) is 25.2 Å². The molecule has 0 N–H and O–H groups in total. The van der Waals surface area contributed by atoms with E-state index in [2.05, 4.69) is 14.3 Å². The molecular weight excluding hydrogens is 354 g/mol. The van der Waals surface area contributed by atoms with Gasteiger partial charge in [0.2, 0.25) is 0 Å². The molecule has 8 nitrogen and oxygen atoms in total. The van der Waals surface area contributed by atoms with E-state index in [-0.39, 0.29) is 10.5 Å². The Labute approximate surface area is 151 Å². The van der Waals surface area contributed by atoms with Crippen molar-refractivity contribution >= 4 is 21.7 Å². The number of nitrogens with zero attached hydrogens (tertiary/aromatic N) is 5. The molecule has 0 saturated carbocycles. The molecule has 9 heteroatoms. The predicted molar refractivity (Wildman–Crippen MR) is 98.0 cm³/mol. The first-order valence-electron chi connectivity index (χ1n) is 8.43. The van der Waals surface area contributed by atoms with Gasteiger partial charge in [-0.2, -0.15) is 8.42 Å². The van der Waals surface area contributed by atoms with E-state index in [0.29, 0.717) is 36.9 Å². The largest absolute Gasteiger partial charge is 0.355 e. The van der Waals surface area contributed by atoms with E-state index in [1.807, 2.05) is 11.0 Å². The van der Waals surface area contributed by atoms with Crippen LogP contribution in [0.3, 0.4) is 0 Å². The van der Waals surface area contributed by atoms with Gasteiger partial charge < -0.3 is 14.4 Å². The number of anilines is 1. The van der Waals surface area contributed by atoms with Crippen molar-refractivity contribution in [2.75, 3.05) is 31.1 Å². The van der Waals surface area contributed by atoms with E-state index < -0.39 is 10.0 Å². The van der Waals surface area contributed by atoms with Crippen LogP contribution in [0, 0.1) is 0 Å². The van der Waals surface area contributed by atoms with Crippen LogP contribution < -0.4 is 10.5 Å². The average Bonchev–Trinajstić information content (AvgIpc) is 2.78. The topological polar surface area (TPSA) is 87.9 Å². The van der Waals surface area contributed by atoms with Crippen LogP contribution in [0.25, 0.3) is 0 Å². The standard InChI is InChI=1S/C17H19N5O3S/c1-20-12-18-15(11-16(20)23)21-7-4-8-22(10-9-21)17-13-5-2-3-6-14(13)26(24,25)19-17/h2-3,5-6,11-12H,4,7-10H2,1H3. The van der Waals surface area contributed by atoms with Crippen LogP contribution >= 0.6 is 0 Å². The summed E-state index contributed by atoms with van der Waals surface area (Å²) < 4.78 is 30.0. The molecule has 1 fully saturated rings. The maximum Gasteiger partial charge on any atom is 0.285 e. The van der Waals surface area contributed by atoms with Gasteiger partial charge in [0.1, 0.15) is 10.7 Å². The molecule has 0 amide bonds. The molecule has 0 bridgehead atoms. The van der Waals surface area contributed by atoms with Crippen LogP contribution in [0.1, 0.15) is 12.0 Å². The minimum atomic E-state index is -3.62. The number of benzene rings is 1. The Morgan fingerprint density at radius 3 is 2.58 bits per heavy atom. The minimum absolute atomic E-state index is 0.101. The van der Waals surface area contributed by atoms with Crippen molar-refractivity contribution in [1.82, 2.24) is 14.5 Å². The summed E-state index contributed by atoms with van der Waals surface area (Å²) in [5, 5.41) is 0. The van der Waals surface area contributed by atoms with Gasteiger partial charge >= 0.3 is 0 Å². The molecule has 136 valence electrons. The molecule has 0 atom stereocenters. The second-order valence-electron chi connectivity index (χ2n) is 6.41. The van der Waals surface area contributed by atoms with Gasteiger partial charge in [-0.05, 0) is 18.6 Å². The van der Waals surface area contributed by atoms with Gasteiger partial charge in [-0.1, -0.05) is 12.1 Å². The van der Waals surface area contributed by atoms with E-state index in [9.17, 15) is 13.2 Å². The zero-order valence-electron chi connectivity index (χ0n) is 14.4. The molecule has 0 unspecified atom stereocenters. The van der Waals surface area contributed by atoms with E-state index >= 15 is 0 Å². The molecule has 3 heterocycles. The summed E-state index contributed by atoms with van der Waals surface area (Å²) in [5.41, 5.74) is 0.559. The smallest absolute Gasteiger partial charge is 0.285 e. The highest BCUT2D eigenvalue weighted by Crippen LogP contribution is 2.28. The zero-order valence-corrected chi connectivity index (χ0v) is 15.2. The van der Waals surface area contributed by atoms with E-state index in [4.69, 9.17) is 0 Å². The van der Waals surface area contributed by atoms with E-state index in [1.165, 1.54) is 17.0 Å². The maximum atomic E-state index is 12.3. The summed E-state index contributed by atoms with van der Waals surface area (Å²) in [6, 6.07) is 8.45. The summed E-state index contributed by atoms with van der Waals surface area (Å²) in [7, 11) is -1.95. The summed E-state index contributed by atoms with van der Waals surface area (Å²) >= 11 is 0. The van der Waals surface area contributed by atoms with E-state index in [0.717, 1.165) is 13.0 Å². The fraction of sp³-hybridized carbons (Fsp3) is 0.353. The monoisotopic (exact) mass is 373 g/mol. The molecule has 26 heavy (non-hydrogen) atoms. The number of aromatic nitrogens is 2. The number of rotatable bonds is 1. The summed E-state index contributed by atoms with van der Waals surface area (Å²) in [5.74, 6) is 1.16. The number of amidine groups is 1. The second kappa shape index (κ2) is 6.24. The Morgan fingerprint density at radius 2 is 1.77 bits per heavy atom. The molecule has 2 aromatic rings. The van der Waals surface area contributed by atoms with Crippen LogP contribution in [0.5, 0.6) is 0 Å². The van der Waals surface area contributed by atoms with Crippen LogP contribution in [0.2, 0.25) is 0 Å². The van der Waals surface area contributed by atoms with Crippen molar-refractivity contribution in [3.05, 3.63) is 52.6 Å². The Bertz CT molecular complexity index is 1040. The summed E-state index contributed by atoms with van der Waals surface area (Å²) in [6.45, 7) is 2.70. The third-order valence-corrected chi connectivity index (χ3v) is 6.02. The van der Waals surface area contributed by atoms with Crippen LogP contribution in [-0.2, 0) is 17.1 Å². The number of hydrogen-bond donors (Lipinski definition) is 0. The number of sulfonamides is 1. The van der Waals surface area contributed by atoms with Crippen molar-refractivity contribution in [2.45, 2.75) is 11.3 Å². The van der Waals surface area contributed by atoms with Gasteiger partial charge in [0, 0.05) is 44.9 Å². The van der Waals surface area contributed by atoms with Crippen molar-refractivity contribution in [3.63, 3.8) is 0 Å². The Hall–Kier alpha value is -2.68. The van der Waals surface area contributed by atoms with Crippen molar-refractivity contribution in [2.24, 2.45) is 11.4 Å². The second-order valence-corrected chi connectivity index (χ2v) is 7.98. The number of aryl methyl sites for hydroxylation is 1. The molecular formula is C17H19N5O3S. The summed E-state index contributed by atoms with van der Waals surface area (Å²) in [6.07, 6.45) is 2.34. The zero-order chi connectivity index (χ0) is 18.3. The highest BCUT2D eigenvalue weighted by atomic mass is 32.2. The van der Waals surface area contributed by atoms with Gasteiger partial charge in [0.15, 0.2) is 5.84 Å². The first-order valence-corrected chi connectivity index (χ1v) is 9.87. The van der Waals surface area contributed by atoms with Crippen LogP contribution in [-0.4, -0.2) is 54.9 Å². The van der Waals surface area contributed by atoms with Crippen LogP contribution in [0.4, 0.5) is 5.82 Å². The molecule has 1 saturated heterocycles. The number of hydrogen-bond acceptors (Lipinski definition) is 6. The first kappa shape index (κ1) is 16.8. The lowest BCUT2D eigenvalue weighted by molar-refractivity contribution is 0.449. The lowest BCUT2D eigenvalue weighted by atomic mass is 10.2. The molecule has 2 aliphatic rings. The maximum absolute atomic E-state index is 12.3. The fourth-order valence-corrected chi connectivity index (χ4v) is 4.53. The number of fused-ring (bicyclic) bond motifs is 1. The molecule has 2 aliphatic heterocycles. The van der Waals surface area contributed by atoms with Gasteiger partial charge in [0.25, 0.3) is 15.6 Å². The van der Waals surface area contributed by atoms with Crippen LogP contribution in [0.15, 0.2) is 50.7 Å². The summed E-state index contributed by atoms with van der Waals surface area (Å²) in [4.78, 5) is 20.5. The quantitative estimate of drug-likeness (QED) is 0.721. The molecule has 1 aromatic carbocycles. The molecule has 0 radical (unpaired) electrons. The lowest BCUT2D eigenvalue weighted by Gasteiger charge is -2.24. The molecule has 0 aliphatic carbocycles. The third kappa shape index (κ3) is 2.88. The van der Waals surface area contributed by atoms with Crippen molar-refractivity contribution in [3.8, 4) is 0 Å². The average molecular weight is 373 g/mol. The highest BCUT2D eigenvalue weighted by molar-refractivity contribution is 7.90. The normalized spacial score (nSPS) is 19.0. The predicted octanol–water partition coefficient (Wildman–Crippen LogP) is 0.441. The lowest BCUT2D eigenvalue weighted by Crippen LogP contribution is -2.35. The minimum Gasteiger partial charge on any atom is -0.355 e. The van der Waals surface area contributed by atoms with Crippen molar-refractivity contribution in [1.29, 1.82) is 0 Å². The van der Waals surface area contributed by atoms with Gasteiger partial charge in [-0.25, -0.2) is 4.98 Å². The molecule has 4 rings (SSSR count). The first-order chi connectivity index (χ1) is 12.5. The van der Waals surface area contributed by atoms with Crippen molar-refractivity contribution < 1.29 is 8.42 Å². The Balaban J connectivity index is 1.58. The van der Waals surface area contributed by atoms with Gasteiger partial charge in [-0.15, -0.1) is 4.40 Å². The van der Waals surface area contributed by atoms with Gasteiger partial charge in [-0.3, -0.25) is 4.79 Å². The molecule has 1 aromatic heterocycles. The third-order valence-electron chi connectivity index (χ3n) is 4.70. The highest BCUT2D eigenvalue weighted by Gasteiger charge is 2.32. The Morgan fingerprint density at radius 1 is 1.04 bits per heavy atom. The SMILES string of the molecule is Cn1cnc(N2CCCN(C3=NS(=O)(=O)c4ccccc43)CC2)cc1=O. The fourth-order valence-electron chi connectivity index (χ4n) is 3.30. The Kier molecular flexibility index (Phi) is 4.03.